The molecule has 0 saturated carbocycles. The van der Waals surface area contributed by atoms with Gasteiger partial charge in [0.15, 0.2) is 0 Å². The molecule has 0 aromatic carbocycles. The molecule has 0 radical (unpaired) electrons. The molecule has 1 N–H and O–H groups in total. The standard InChI is InChI=1S/C11H19N3/c1-11(2,3)9-6-13-14(8-9)10-4-5-12-7-10/h6,8,10,12H,4-5,7H2,1-3H3. The average Bonchev–Trinajstić information content (AvgIpc) is 2.73. The summed E-state index contributed by atoms with van der Waals surface area (Å²) < 4.78 is 2.11. The maximum Gasteiger partial charge on any atom is 0.0655 e. The van der Waals surface area contributed by atoms with Crippen LogP contribution in [0.1, 0.15) is 38.8 Å². The lowest BCUT2D eigenvalue weighted by Crippen LogP contribution is -2.14. The maximum absolute atomic E-state index is 4.44. The normalized spacial score (nSPS) is 22.9. The number of nitrogens with zero attached hydrogens (tertiary/aromatic N) is 2. The molecule has 0 amide bonds. The molecule has 3 nitrogen and oxygen atoms in total. The number of hydrogen-bond donors (Lipinski definition) is 1. The highest BCUT2D eigenvalue weighted by molar-refractivity contribution is 5.15. The van der Waals surface area contributed by atoms with E-state index < -0.39 is 0 Å². The van der Waals surface area contributed by atoms with Crippen LogP contribution >= 0.6 is 0 Å². The Kier molecular flexibility index (Phi) is 2.35. The fraction of sp³-hybridized carbons (Fsp3) is 0.727. The van der Waals surface area contributed by atoms with Gasteiger partial charge >= 0.3 is 0 Å². The van der Waals surface area contributed by atoms with Crippen LogP contribution < -0.4 is 5.32 Å². The molecule has 1 aromatic rings. The lowest BCUT2D eigenvalue weighted by atomic mass is 9.90. The second kappa shape index (κ2) is 3.39. The summed E-state index contributed by atoms with van der Waals surface area (Å²) in [7, 11) is 0. The Balaban J connectivity index is 2.17. The lowest BCUT2D eigenvalue weighted by Gasteiger charge is -2.15. The van der Waals surface area contributed by atoms with Crippen LogP contribution in [0.3, 0.4) is 0 Å². The molecule has 1 aliphatic rings. The Morgan fingerprint density at radius 3 is 2.79 bits per heavy atom. The highest BCUT2D eigenvalue weighted by atomic mass is 15.3. The average molecular weight is 193 g/mol. The van der Waals surface area contributed by atoms with Crippen molar-refractivity contribution >= 4 is 0 Å². The van der Waals surface area contributed by atoms with Crippen LogP contribution in [-0.4, -0.2) is 22.9 Å². The van der Waals surface area contributed by atoms with Crippen molar-refractivity contribution in [2.45, 2.75) is 38.6 Å². The zero-order chi connectivity index (χ0) is 10.2. The molecular formula is C11H19N3. The maximum atomic E-state index is 4.44. The van der Waals surface area contributed by atoms with Gasteiger partial charge in [-0.2, -0.15) is 5.10 Å². The molecule has 0 spiro atoms. The summed E-state index contributed by atoms with van der Waals surface area (Å²) in [6.45, 7) is 8.85. The summed E-state index contributed by atoms with van der Waals surface area (Å²) in [5.74, 6) is 0. The third-order valence-electron chi connectivity index (χ3n) is 2.88. The van der Waals surface area contributed by atoms with E-state index in [0.29, 0.717) is 6.04 Å². The monoisotopic (exact) mass is 193 g/mol. The van der Waals surface area contributed by atoms with Gasteiger partial charge in [0, 0.05) is 12.7 Å². The van der Waals surface area contributed by atoms with Crippen molar-refractivity contribution < 1.29 is 0 Å². The largest absolute Gasteiger partial charge is 0.315 e. The van der Waals surface area contributed by atoms with E-state index in [1.165, 1.54) is 12.0 Å². The third-order valence-corrected chi connectivity index (χ3v) is 2.88. The van der Waals surface area contributed by atoms with E-state index in [1.54, 1.807) is 0 Å². The zero-order valence-electron chi connectivity index (χ0n) is 9.25. The van der Waals surface area contributed by atoms with Crippen LogP contribution in [0.4, 0.5) is 0 Å². The van der Waals surface area contributed by atoms with E-state index in [-0.39, 0.29) is 5.41 Å². The fourth-order valence-electron chi connectivity index (χ4n) is 1.79. The van der Waals surface area contributed by atoms with E-state index in [1.807, 2.05) is 6.20 Å². The Bertz CT molecular complexity index is 303. The van der Waals surface area contributed by atoms with Crippen molar-refractivity contribution in [3.05, 3.63) is 18.0 Å². The van der Waals surface area contributed by atoms with Crippen molar-refractivity contribution in [2.24, 2.45) is 0 Å². The van der Waals surface area contributed by atoms with Gasteiger partial charge in [-0.3, -0.25) is 4.68 Å². The number of nitrogens with one attached hydrogen (secondary N) is 1. The smallest absolute Gasteiger partial charge is 0.0655 e. The van der Waals surface area contributed by atoms with Crippen LogP contribution in [0.15, 0.2) is 12.4 Å². The summed E-state index contributed by atoms with van der Waals surface area (Å²) in [6.07, 6.45) is 5.39. The molecule has 78 valence electrons. The molecule has 1 atom stereocenters. The third kappa shape index (κ3) is 1.82. The van der Waals surface area contributed by atoms with Gasteiger partial charge in [0.05, 0.1) is 12.2 Å². The van der Waals surface area contributed by atoms with Gasteiger partial charge in [-0.25, -0.2) is 0 Å². The molecule has 1 saturated heterocycles. The molecule has 3 heteroatoms. The molecule has 0 bridgehead atoms. The highest BCUT2D eigenvalue weighted by Crippen LogP contribution is 2.23. The van der Waals surface area contributed by atoms with Gasteiger partial charge < -0.3 is 5.32 Å². The van der Waals surface area contributed by atoms with E-state index >= 15 is 0 Å². The molecule has 1 aliphatic heterocycles. The Labute approximate surface area is 85.5 Å². The van der Waals surface area contributed by atoms with Crippen molar-refractivity contribution in [1.82, 2.24) is 15.1 Å². The topological polar surface area (TPSA) is 29.9 Å². The lowest BCUT2D eigenvalue weighted by molar-refractivity contribution is 0.488. The van der Waals surface area contributed by atoms with E-state index in [2.05, 4.69) is 42.1 Å². The van der Waals surface area contributed by atoms with Gasteiger partial charge in [0.1, 0.15) is 0 Å². The predicted molar refractivity (Wildman–Crippen MR) is 57.5 cm³/mol. The predicted octanol–water partition coefficient (Wildman–Crippen LogP) is 1.71. The number of aromatic nitrogens is 2. The van der Waals surface area contributed by atoms with Crippen LogP contribution in [0.2, 0.25) is 0 Å². The van der Waals surface area contributed by atoms with E-state index in [0.717, 1.165) is 13.1 Å². The summed E-state index contributed by atoms with van der Waals surface area (Å²) in [5.41, 5.74) is 1.54. The van der Waals surface area contributed by atoms with Gasteiger partial charge in [0.2, 0.25) is 0 Å². The van der Waals surface area contributed by atoms with Crippen molar-refractivity contribution in [3.8, 4) is 0 Å². The van der Waals surface area contributed by atoms with E-state index in [9.17, 15) is 0 Å². The first-order chi connectivity index (χ1) is 6.57. The summed E-state index contributed by atoms with van der Waals surface area (Å²) in [4.78, 5) is 0. The summed E-state index contributed by atoms with van der Waals surface area (Å²) in [6, 6.07) is 0.561. The van der Waals surface area contributed by atoms with Crippen LogP contribution in [0, 0.1) is 0 Å². The fourth-order valence-corrected chi connectivity index (χ4v) is 1.79. The molecule has 14 heavy (non-hydrogen) atoms. The first-order valence-corrected chi connectivity index (χ1v) is 5.33. The minimum atomic E-state index is 0.213. The summed E-state index contributed by atoms with van der Waals surface area (Å²) >= 11 is 0. The second-order valence-electron chi connectivity index (χ2n) is 5.11. The Morgan fingerprint density at radius 2 is 2.29 bits per heavy atom. The van der Waals surface area contributed by atoms with Crippen LogP contribution in [0.25, 0.3) is 0 Å². The van der Waals surface area contributed by atoms with Crippen molar-refractivity contribution in [1.29, 1.82) is 0 Å². The summed E-state index contributed by atoms with van der Waals surface area (Å²) in [5, 5.41) is 7.80. The quantitative estimate of drug-likeness (QED) is 0.736. The second-order valence-corrected chi connectivity index (χ2v) is 5.11. The first-order valence-electron chi connectivity index (χ1n) is 5.33. The first kappa shape index (κ1) is 9.71. The number of rotatable bonds is 1. The SMILES string of the molecule is CC(C)(C)c1cnn(C2CCNC2)c1. The van der Waals surface area contributed by atoms with Crippen LogP contribution in [0.5, 0.6) is 0 Å². The van der Waals surface area contributed by atoms with Crippen molar-refractivity contribution in [3.63, 3.8) is 0 Å². The molecular weight excluding hydrogens is 174 g/mol. The minimum Gasteiger partial charge on any atom is -0.315 e. The molecule has 0 aliphatic carbocycles. The zero-order valence-corrected chi connectivity index (χ0v) is 9.25. The van der Waals surface area contributed by atoms with Gasteiger partial charge in [-0.1, -0.05) is 20.8 Å². The van der Waals surface area contributed by atoms with Gasteiger partial charge in [0.25, 0.3) is 0 Å². The Morgan fingerprint density at radius 1 is 1.50 bits per heavy atom. The molecule has 2 rings (SSSR count). The van der Waals surface area contributed by atoms with Crippen molar-refractivity contribution in [2.75, 3.05) is 13.1 Å². The molecule has 1 aromatic heterocycles. The Hall–Kier alpha value is -0.830. The minimum absolute atomic E-state index is 0.213. The van der Waals surface area contributed by atoms with Crippen LogP contribution in [-0.2, 0) is 5.41 Å². The van der Waals surface area contributed by atoms with Gasteiger partial charge in [-0.15, -0.1) is 0 Å². The number of hydrogen-bond acceptors (Lipinski definition) is 2. The van der Waals surface area contributed by atoms with Gasteiger partial charge in [-0.05, 0) is 23.9 Å². The molecule has 2 heterocycles. The molecule has 1 fully saturated rings. The van der Waals surface area contributed by atoms with E-state index in [4.69, 9.17) is 0 Å². The highest BCUT2D eigenvalue weighted by Gasteiger charge is 2.20. The molecule has 1 unspecified atom stereocenters.